The summed E-state index contributed by atoms with van der Waals surface area (Å²) in [6, 6.07) is 13.8. The highest BCUT2D eigenvalue weighted by molar-refractivity contribution is 9.10. The molecule has 18 heavy (non-hydrogen) atoms. The Kier molecular flexibility index (Phi) is 3.14. The van der Waals surface area contributed by atoms with Crippen LogP contribution in [0.1, 0.15) is 11.1 Å². The van der Waals surface area contributed by atoms with Gasteiger partial charge in [0, 0.05) is 15.1 Å². The van der Waals surface area contributed by atoms with E-state index in [1.165, 1.54) is 0 Å². The van der Waals surface area contributed by atoms with Crippen LogP contribution in [0.4, 0.5) is 0 Å². The molecule has 1 aliphatic heterocycles. The molecule has 1 heterocycles. The van der Waals surface area contributed by atoms with Gasteiger partial charge in [0.25, 0.3) is 0 Å². The maximum atomic E-state index is 5.90. The predicted molar refractivity (Wildman–Crippen MR) is 79.0 cm³/mol. The van der Waals surface area contributed by atoms with E-state index in [4.69, 9.17) is 16.3 Å². The van der Waals surface area contributed by atoms with Crippen molar-refractivity contribution >= 4 is 39.2 Å². The molecule has 1 nitrogen and oxygen atoms in total. The molecule has 0 atom stereocenters. The van der Waals surface area contributed by atoms with E-state index in [0.717, 1.165) is 31.9 Å². The smallest absolute Gasteiger partial charge is 0.127 e. The minimum atomic E-state index is 0.594. The fourth-order valence-electron chi connectivity index (χ4n) is 1.98. The summed E-state index contributed by atoms with van der Waals surface area (Å²) in [7, 11) is 0. The molecule has 2 aromatic carbocycles. The second kappa shape index (κ2) is 4.79. The Morgan fingerprint density at radius 3 is 2.61 bits per heavy atom. The van der Waals surface area contributed by atoms with Gasteiger partial charge in [-0.2, -0.15) is 0 Å². The Bertz CT molecular complexity index is 617. The van der Waals surface area contributed by atoms with Gasteiger partial charge in [0.2, 0.25) is 0 Å². The van der Waals surface area contributed by atoms with Crippen molar-refractivity contribution in [2.75, 3.05) is 6.61 Å². The van der Waals surface area contributed by atoms with Crippen molar-refractivity contribution in [1.82, 2.24) is 0 Å². The van der Waals surface area contributed by atoms with Gasteiger partial charge >= 0.3 is 0 Å². The first-order valence-electron chi connectivity index (χ1n) is 5.61. The number of ether oxygens (including phenoxy) is 1. The van der Waals surface area contributed by atoms with Gasteiger partial charge in [-0.1, -0.05) is 39.7 Å². The molecule has 3 heteroatoms. The topological polar surface area (TPSA) is 9.23 Å². The number of rotatable bonds is 1. The molecule has 90 valence electrons. The van der Waals surface area contributed by atoms with Crippen LogP contribution in [0, 0.1) is 0 Å². The van der Waals surface area contributed by atoms with E-state index in [9.17, 15) is 0 Å². The van der Waals surface area contributed by atoms with E-state index >= 15 is 0 Å². The van der Waals surface area contributed by atoms with E-state index < -0.39 is 0 Å². The third-order valence-electron chi connectivity index (χ3n) is 2.90. The standard InChI is InChI=1S/C15H10BrClO/c16-13-3-6-15-11(8-13)7-12(9-18-15)10-1-4-14(17)5-2-10/h1-8H,9H2. The fraction of sp³-hybridized carbons (Fsp3) is 0.0667. The molecule has 2 aromatic rings. The molecule has 0 radical (unpaired) electrons. The quantitative estimate of drug-likeness (QED) is 0.715. The van der Waals surface area contributed by atoms with Crippen LogP contribution in [0.5, 0.6) is 5.75 Å². The van der Waals surface area contributed by atoms with Crippen molar-refractivity contribution in [3.05, 3.63) is 63.1 Å². The number of hydrogen-bond acceptors (Lipinski definition) is 1. The van der Waals surface area contributed by atoms with Crippen molar-refractivity contribution in [3.63, 3.8) is 0 Å². The van der Waals surface area contributed by atoms with E-state index in [1.54, 1.807) is 0 Å². The summed E-state index contributed by atoms with van der Waals surface area (Å²) in [5.41, 5.74) is 3.41. The third-order valence-corrected chi connectivity index (χ3v) is 3.64. The fourth-order valence-corrected chi connectivity index (χ4v) is 2.48. The molecule has 0 saturated heterocycles. The van der Waals surface area contributed by atoms with Crippen LogP contribution in [0.25, 0.3) is 11.6 Å². The Hall–Kier alpha value is -1.25. The zero-order chi connectivity index (χ0) is 12.5. The first-order chi connectivity index (χ1) is 8.72. The predicted octanol–water partition coefficient (Wildman–Crippen LogP) is 5.04. The second-order valence-corrected chi connectivity index (χ2v) is 5.50. The lowest BCUT2D eigenvalue weighted by Crippen LogP contribution is -2.06. The number of halogens is 2. The van der Waals surface area contributed by atoms with Crippen LogP contribution in [0.2, 0.25) is 5.02 Å². The van der Waals surface area contributed by atoms with Gasteiger partial charge in [-0.25, -0.2) is 0 Å². The molecular weight excluding hydrogens is 312 g/mol. The Balaban J connectivity index is 2.02. The largest absolute Gasteiger partial charge is 0.488 e. The van der Waals surface area contributed by atoms with Gasteiger partial charge in [-0.05, 0) is 47.5 Å². The average Bonchev–Trinajstić information content (AvgIpc) is 2.38. The van der Waals surface area contributed by atoms with Crippen LogP contribution in [0.3, 0.4) is 0 Å². The molecule has 0 aromatic heterocycles. The number of hydrogen-bond donors (Lipinski definition) is 0. The number of benzene rings is 2. The second-order valence-electron chi connectivity index (χ2n) is 4.15. The van der Waals surface area contributed by atoms with Crippen LogP contribution < -0.4 is 4.74 Å². The summed E-state index contributed by atoms with van der Waals surface area (Å²) in [6.07, 6.45) is 2.16. The molecule has 0 saturated carbocycles. The maximum absolute atomic E-state index is 5.90. The minimum absolute atomic E-state index is 0.594. The van der Waals surface area contributed by atoms with E-state index in [1.807, 2.05) is 36.4 Å². The summed E-state index contributed by atoms with van der Waals surface area (Å²) < 4.78 is 6.81. The van der Waals surface area contributed by atoms with Gasteiger partial charge in [0.15, 0.2) is 0 Å². The van der Waals surface area contributed by atoms with Gasteiger partial charge < -0.3 is 4.74 Å². The highest BCUT2D eigenvalue weighted by Gasteiger charge is 2.12. The zero-order valence-corrected chi connectivity index (χ0v) is 11.8. The Morgan fingerprint density at radius 2 is 1.83 bits per heavy atom. The summed E-state index contributed by atoms with van der Waals surface area (Å²) in [6.45, 7) is 0.594. The SMILES string of the molecule is Clc1ccc(C2=Cc3cc(Br)ccc3OC2)cc1. The summed E-state index contributed by atoms with van der Waals surface area (Å²) in [4.78, 5) is 0. The van der Waals surface area contributed by atoms with E-state index in [-0.39, 0.29) is 0 Å². The van der Waals surface area contributed by atoms with Crippen molar-refractivity contribution in [3.8, 4) is 5.75 Å². The Labute approximate surface area is 119 Å². The lowest BCUT2D eigenvalue weighted by molar-refractivity contribution is 0.365. The average molecular weight is 322 g/mol. The van der Waals surface area contributed by atoms with Crippen LogP contribution in [-0.4, -0.2) is 6.61 Å². The first kappa shape index (κ1) is 11.8. The molecule has 0 spiro atoms. The molecule has 0 bridgehead atoms. The number of fused-ring (bicyclic) bond motifs is 1. The van der Waals surface area contributed by atoms with Crippen molar-refractivity contribution < 1.29 is 4.74 Å². The third kappa shape index (κ3) is 2.31. The Morgan fingerprint density at radius 1 is 1.06 bits per heavy atom. The lowest BCUT2D eigenvalue weighted by Gasteiger charge is -2.18. The van der Waals surface area contributed by atoms with Crippen LogP contribution >= 0.6 is 27.5 Å². The van der Waals surface area contributed by atoms with Crippen molar-refractivity contribution in [2.24, 2.45) is 0 Å². The normalized spacial score (nSPS) is 13.6. The van der Waals surface area contributed by atoms with Crippen molar-refractivity contribution in [1.29, 1.82) is 0 Å². The van der Waals surface area contributed by atoms with Crippen molar-refractivity contribution in [2.45, 2.75) is 0 Å². The van der Waals surface area contributed by atoms with Gasteiger partial charge in [0.05, 0.1) is 0 Å². The summed E-state index contributed by atoms with van der Waals surface area (Å²) in [5, 5.41) is 0.749. The molecule has 0 aliphatic carbocycles. The monoisotopic (exact) mass is 320 g/mol. The lowest BCUT2D eigenvalue weighted by atomic mass is 10.0. The van der Waals surface area contributed by atoms with Gasteiger partial charge in [-0.15, -0.1) is 0 Å². The molecule has 3 rings (SSSR count). The zero-order valence-electron chi connectivity index (χ0n) is 9.49. The summed E-state index contributed by atoms with van der Waals surface area (Å²) in [5.74, 6) is 0.927. The van der Waals surface area contributed by atoms with Gasteiger partial charge in [-0.3, -0.25) is 0 Å². The molecule has 0 N–H and O–H groups in total. The molecule has 1 aliphatic rings. The first-order valence-corrected chi connectivity index (χ1v) is 6.78. The maximum Gasteiger partial charge on any atom is 0.127 e. The summed E-state index contributed by atoms with van der Waals surface area (Å²) >= 11 is 9.37. The molecule has 0 fully saturated rings. The highest BCUT2D eigenvalue weighted by atomic mass is 79.9. The minimum Gasteiger partial charge on any atom is -0.488 e. The molecule has 0 unspecified atom stereocenters. The van der Waals surface area contributed by atoms with Gasteiger partial charge in [0.1, 0.15) is 12.4 Å². The van der Waals surface area contributed by atoms with E-state index in [2.05, 4.69) is 28.1 Å². The van der Waals surface area contributed by atoms with E-state index in [0.29, 0.717) is 6.61 Å². The highest BCUT2D eigenvalue weighted by Crippen LogP contribution is 2.32. The van der Waals surface area contributed by atoms with Crippen LogP contribution in [-0.2, 0) is 0 Å². The molecule has 0 amide bonds. The molecular formula is C15H10BrClO. The van der Waals surface area contributed by atoms with Crippen LogP contribution in [0.15, 0.2) is 46.9 Å².